The van der Waals surface area contributed by atoms with Crippen LogP contribution < -0.4 is 10.6 Å². The topological polar surface area (TPSA) is 58.0 Å². The Hall–Kier alpha value is -2.87. The van der Waals surface area contributed by atoms with E-state index in [1.165, 1.54) is 5.56 Å². The maximum Gasteiger partial charge on any atom is 0.229 e. The first-order chi connectivity index (χ1) is 15.5. The molecule has 0 radical (unpaired) electrons. The van der Waals surface area contributed by atoms with Gasteiger partial charge in [0.25, 0.3) is 0 Å². The van der Waals surface area contributed by atoms with Gasteiger partial charge in [0.15, 0.2) is 0 Å². The highest BCUT2D eigenvalue weighted by molar-refractivity contribution is 7.80. The third-order valence-corrected chi connectivity index (χ3v) is 6.10. The van der Waals surface area contributed by atoms with Crippen molar-refractivity contribution < 1.29 is 0 Å². The van der Waals surface area contributed by atoms with E-state index in [1.807, 2.05) is 42.7 Å². The van der Waals surface area contributed by atoms with Crippen LogP contribution in [0, 0.1) is 0 Å². The fraction of sp³-hybridized carbons (Fsp3) is 0.280. The molecule has 2 atom stereocenters. The van der Waals surface area contributed by atoms with Gasteiger partial charge in [0.05, 0.1) is 0 Å². The number of anilines is 2. The molecule has 0 unspecified atom stereocenters. The summed E-state index contributed by atoms with van der Waals surface area (Å²) >= 11 is 4.38. The van der Waals surface area contributed by atoms with Crippen molar-refractivity contribution in [3.8, 4) is 5.69 Å². The Morgan fingerprint density at radius 2 is 1.72 bits per heavy atom. The van der Waals surface area contributed by atoms with Gasteiger partial charge in [0.1, 0.15) is 5.65 Å². The van der Waals surface area contributed by atoms with Crippen molar-refractivity contribution in [1.82, 2.24) is 24.8 Å². The Labute approximate surface area is 194 Å². The molecule has 0 amide bonds. The van der Waals surface area contributed by atoms with Crippen molar-refractivity contribution >= 4 is 35.3 Å². The molecule has 4 aromatic rings. The van der Waals surface area contributed by atoms with Gasteiger partial charge in [-0.15, -0.1) is 12.6 Å². The van der Waals surface area contributed by atoms with Crippen LogP contribution in [-0.4, -0.2) is 44.6 Å². The molecule has 1 fully saturated rings. The van der Waals surface area contributed by atoms with Gasteiger partial charge >= 0.3 is 0 Å². The lowest BCUT2D eigenvalue weighted by Crippen LogP contribution is -2.53. The zero-order chi connectivity index (χ0) is 22.1. The SMILES string of the molecule is C[C@@H]1CN(Cc2ccc(Nc3ncc4ccn(-c5ccc(S)cc5)c4n3)cc2)C[C@H](C)N1. The third kappa shape index (κ3) is 4.65. The minimum absolute atomic E-state index is 0.529. The first-order valence-electron chi connectivity index (χ1n) is 11.0. The van der Waals surface area contributed by atoms with E-state index in [1.54, 1.807) is 0 Å². The predicted octanol–water partition coefficient (Wildman–Crippen LogP) is 4.64. The lowest BCUT2D eigenvalue weighted by molar-refractivity contribution is 0.166. The lowest BCUT2D eigenvalue weighted by Gasteiger charge is -2.36. The van der Waals surface area contributed by atoms with Crippen LogP contribution in [0.15, 0.2) is 71.9 Å². The van der Waals surface area contributed by atoms with Crippen LogP contribution >= 0.6 is 12.6 Å². The molecule has 0 bridgehead atoms. The van der Waals surface area contributed by atoms with Crippen molar-refractivity contribution in [3.05, 3.63) is 72.6 Å². The van der Waals surface area contributed by atoms with Crippen molar-refractivity contribution in [2.24, 2.45) is 0 Å². The number of benzene rings is 2. The molecular weight excluding hydrogens is 416 g/mol. The van der Waals surface area contributed by atoms with Gasteiger partial charge in [0.2, 0.25) is 5.95 Å². The number of rotatable bonds is 5. The molecule has 2 N–H and O–H groups in total. The van der Waals surface area contributed by atoms with E-state index >= 15 is 0 Å². The normalized spacial score (nSPS) is 19.3. The average molecular weight is 445 g/mol. The molecule has 3 heterocycles. The van der Waals surface area contributed by atoms with Gasteiger partial charge in [-0.05, 0) is 61.9 Å². The molecule has 2 aromatic carbocycles. The monoisotopic (exact) mass is 444 g/mol. The second-order valence-corrected chi connectivity index (χ2v) is 9.18. The summed E-state index contributed by atoms with van der Waals surface area (Å²) in [6.07, 6.45) is 3.87. The van der Waals surface area contributed by atoms with Crippen LogP contribution in [0.1, 0.15) is 19.4 Å². The maximum atomic E-state index is 4.77. The molecule has 7 heteroatoms. The minimum Gasteiger partial charge on any atom is -0.324 e. The van der Waals surface area contributed by atoms with Gasteiger partial charge in [-0.2, -0.15) is 4.98 Å². The van der Waals surface area contributed by atoms with Gasteiger partial charge in [-0.25, -0.2) is 4.98 Å². The average Bonchev–Trinajstić information content (AvgIpc) is 3.18. The minimum atomic E-state index is 0.529. The van der Waals surface area contributed by atoms with Gasteiger partial charge < -0.3 is 15.2 Å². The van der Waals surface area contributed by atoms with Crippen molar-refractivity contribution in [2.45, 2.75) is 37.4 Å². The summed E-state index contributed by atoms with van der Waals surface area (Å²) in [6.45, 7) is 7.62. The van der Waals surface area contributed by atoms with E-state index in [9.17, 15) is 0 Å². The standard InChI is InChI=1S/C25H28N6S/c1-17-14-30(15-18(2)27-17)16-19-3-5-21(6-4-19)28-25-26-13-20-11-12-31(24(20)29-25)22-7-9-23(32)10-8-22/h3-13,17-18,27,32H,14-16H2,1-2H3,(H,26,28,29)/t17-,18+. The molecule has 32 heavy (non-hydrogen) atoms. The van der Waals surface area contributed by atoms with Crippen LogP contribution in [0.4, 0.5) is 11.6 Å². The molecule has 2 aromatic heterocycles. The summed E-state index contributed by atoms with van der Waals surface area (Å²) in [7, 11) is 0. The Morgan fingerprint density at radius 1 is 1.00 bits per heavy atom. The Morgan fingerprint density at radius 3 is 2.44 bits per heavy atom. The van der Waals surface area contributed by atoms with E-state index in [-0.39, 0.29) is 0 Å². The van der Waals surface area contributed by atoms with Crippen LogP contribution in [0.5, 0.6) is 0 Å². The van der Waals surface area contributed by atoms with Gasteiger partial charge in [-0.3, -0.25) is 4.90 Å². The van der Waals surface area contributed by atoms with Crippen molar-refractivity contribution in [3.63, 3.8) is 0 Å². The summed E-state index contributed by atoms with van der Waals surface area (Å²) in [5, 5.41) is 7.94. The number of aromatic nitrogens is 3. The summed E-state index contributed by atoms with van der Waals surface area (Å²) in [4.78, 5) is 12.7. The van der Waals surface area contributed by atoms with Gasteiger partial charge in [0, 0.05) is 65.8 Å². The first-order valence-corrected chi connectivity index (χ1v) is 11.5. The number of fused-ring (bicyclic) bond motifs is 1. The highest BCUT2D eigenvalue weighted by atomic mass is 32.1. The van der Waals surface area contributed by atoms with Crippen molar-refractivity contribution in [1.29, 1.82) is 0 Å². The highest BCUT2D eigenvalue weighted by Gasteiger charge is 2.20. The molecule has 1 saturated heterocycles. The molecule has 5 rings (SSSR count). The number of thiol groups is 1. The number of nitrogens with zero attached hydrogens (tertiary/aromatic N) is 4. The fourth-order valence-electron chi connectivity index (χ4n) is 4.45. The highest BCUT2D eigenvalue weighted by Crippen LogP contribution is 2.22. The lowest BCUT2D eigenvalue weighted by atomic mass is 10.1. The zero-order valence-corrected chi connectivity index (χ0v) is 19.3. The molecule has 164 valence electrons. The smallest absolute Gasteiger partial charge is 0.229 e. The summed E-state index contributed by atoms with van der Waals surface area (Å²) < 4.78 is 2.06. The molecule has 0 saturated carbocycles. The Kier molecular flexibility index (Phi) is 5.87. The summed E-state index contributed by atoms with van der Waals surface area (Å²) in [5.74, 6) is 0.584. The Balaban J connectivity index is 1.31. The second kappa shape index (κ2) is 8.94. The maximum absolute atomic E-state index is 4.77. The third-order valence-electron chi connectivity index (χ3n) is 5.80. The van der Waals surface area contributed by atoms with Crippen LogP contribution in [0.25, 0.3) is 16.7 Å². The van der Waals surface area contributed by atoms with E-state index in [0.717, 1.165) is 46.9 Å². The molecule has 1 aliphatic rings. The quantitative estimate of drug-likeness (QED) is 0.392. The number of hydrogen-bond donors (Lipinski definition) is 3. The summed E-state index contributed by atoms with van der Waals surface area (Å²) in [6, 6.07) is 19.7. The summed E-state index contributed by atoms with van der Waals surface area (Å²) in [5.41, 5.74) is 4.21. The molecular formula is C25H28N6S. The molecule has 0 spiro atoms. The zero-order valence-electron chi connectivity index (χ0n) is 18.4. The number of piperazine rings is 1. The second-order valence-electron chi connectivity index (χ2n) is 8.66. The fourth-order valence-corrected chi connectivity index (χ4v) is 4.60. The largest absolute Gasteiger partial charge is 0.324 e. The van der Waals surface area contributed by atoms with Crippen molar-refractivity contribution in [2.75, 3.05) is 18.4 Å². The van der Waals surface area contributed by atoms with Crippen LogP contribution in [0.3, 0.4) is 0 Å². The van der Waals surface area contributed by atoms with E-state index < -0.39 is 0 Å². The van der Waals surface area contributed by atoms with Gasteiger partial charge in [-0.1, -0.05) is 12.1 Å². The predicted molar refractivity (Wildman–Crippen MR) is 133 cm³/mol. The number of hydrogen-bond acceptors (Lipinski definition) is 6. The Bertz CT molecular complexity index is 1190. The van der Waals surface area contributed by atoms with Crippen LogP contribution in [-0.2, 0) is 6.54 Å². The molecule has 1 aliphatic heterocycles. The van der Waals surface area contributed by atoms with E-state index in [2.05, 4.69) is 75.8 Å². The molecule has 0 aliphatic carbocycles. The van der Waals surface area contributed by atoms with Crippen LogP contribution in [0.2, 0.25) is 0 Å². The number of nitrogens with one attached hydrogen (secondary N) is 2. The van der Waals surface area contributed by atoms with E-state index in [4.69, 9.17) is 4.98 Å². The molecule has 6 nitrogen and oxygen atoms in total. The van der Waals surface area contributed by atoms with E-state index in [0.29, 0.717) is 18.0 Å². The first kappa shape index (κ1) is 21.0.